The fourth-order valence-electron chi connectivity index (χ4n) is 2.24. The molecule has 0 saturated carbocycles. The molecule has 0 aliphatic heterocycles. The quantitative estimate of drug-likeness (QED) is 0.731. The van der Waals surface area contributed by atoms with Crippen LogP contribution in [0, 0.1) is 6.92 Å². The maximum atomic E-state index is 5.71. The molecule has 2 aromatic heterocycles. The molecule has 0 saturated heterocycles. The lowest BCUT2D eigenvalue weighted by Gasteiger charge is -2.09. The van der Waals surface area contributed by atoms with Gasteiger partial charge in [0, 0.05) is 13.2 Å². The molecule has 0 amide bonds. The third-order valence-electron chi connectivity index (χ3n) is 3.30. The monoisotopic (exact) mass is 282 g/mol. The first kappa shape index (κ1) is 13.4. The number of pyridine rings is 1. The molecule has 2 heterocycles. The molecule has 0 radical (unpaired) electrons. The molecule has 5 heteroatoms. The maximum absolute atomic E-state index is 5.71. The molecule has 108 valence electrons. The Morgan fingerprint density at radius 1 is 1.24 bits per heavy atom. The van der Waals surface area contributed by atoms with E-state index in [1.165, 1.54) is 5.56 Å². The van der Waals surface area contributed by atoms with E-state index in [0.717, 1.165) is 22.6 Å². The summed E-state index contributed by atoms with van der Waals surface area (Å²) in [4.78, 5) is 8.70. The van der Waals surface area contributed by atoms with Crippen LogP contribution in [0.4, 0.5) is 5.82 Å². The first-order valence-electron chi connectivity index (χ1n) is 6.93. The van der Waals surface area contributed by atoms with Gasteiger partial charge in [-0.25, -0.2) is 9.97 Å². The molecule has 0 bridgehead atoms. The number of hydrogen-bond donors (Lipinski definition) is 1. The third-order valence-corrected chi connectivity index (χ3v) is 3.30. The topological polar surface area (TPSA) is 52.0 Å². The van der Waals surface area contributed by atoms with Gasteiger partial charge in [0.1, 0.15) is 17.9 Å². The predicted molar refractivity (Wildman–Crippen MR) is 83.7 cm³/mol. The van der Waals surface area contributed by atoms with E-state index in [1.54, 1.807) is 12.5 Å². The molecular weight excluding hydrogens is 264 g/mol. The van der Waals surface area contributed by atoms with Crippen molar-refractivity contribution < 1.29 is 4.74 Å². The Morgan fingerprint density at radius 3 is 3.00 bits per heavy atom. The van der Waals surface area contributed by atoms with Gasteiger partial charge in [-0.1, -0.05) is 12.1 Å². The number of fused-ring (bicyclic) bond motifs is 1. The van der Waals surface area contributed by atoms with Crippen LogP contribution in [-0.4, -0.2) is 27.7 Å². The Bertz CT molecular complexity index is 751. The van der Waals surface area contributed by atoms with Gasteiger partial charge < -0.3 is 14.6 Å². The molecule has 21 heavy (non-hydrogen) atoms. The second-order valence-electron chi connectivity index (χ2n) is 4.97. The van der Waals surface area contributed by atoms with Crippen molar-refractivity contribution in [2.24, 2.45) is 7.05 Å². The highest BCUT2D eigenvalue weighted by atomic mass is 16.5. The van der Waals surface area contributed by atoms with Crippen LogP contribution >= 0.6 is 0 Å². The maximum Gasteiger partial charge on any atom is 0.154 e. The van der Waals surface area contributed by atoms with Crippen molar-refractivity contribution in [3.8, 4) is 5.75 Å². The minimum absolute atomic E-state index is 0.578. The average Bonchev–Trinajstić information content (AvgIpc) is 2.86. The van der Waals surface area contributed by atoms with Gasteiger partial charge in [0.05, 0.1) is 18.4 Å². The second kappa shape index (κ2) is 5.83. The number of nitrogens with one attached hydrogen (secondary N) is 1. The van der Waals surface area contributed by atoms with E-state index in [9.17, 15) is 0 Å². The SMILES string of the molecule is Cc1cccc(OCCNc2nccc3c2ncn3C)c1. The standard InChI is InChI=1S/C16H18N4O/c1-12-4-3-5-13(10-12)21-9-8-18-16-15-14(6-7-17-16)20(2)11-19-15/h3-7,10-11H,8-9H2,1-2H3,(H,17,18). The zero-order valence-corrected chi connectivity index (χ0v) is 12.2. The Balaban J connectivity index is 1.60. The third kappa shape index (κ3) is 2.97. The van der Waals surface area contributed by atoms with Crippen LogP contribution in [0.5, 0.6) is 5.75 Å². The number of aromatic nitrogens is 3. The van der Waals surface area contributed by atoms with Crippen molar-refractivity contribution in [1.82, 2.24) is 14.5 Å². The van der Waals surface area contributed by atoms with Crippen LogP contribution in [0.15, 0.2) is 42.9 Å². The first-order valence-corrected chi connectivity index (χ1v) is 6.93. The van der Waals surface area contributed by atoms with Gasteiger partial charge in [0.2, 0.25) is 0 Å². The number of anilines is 1. The van der Waals surface area contributed by atoms with Gasteiger partial charge in [-0.3, -0.25) is 0 Å². The van der Waals surface area contributed by atoms with Crippen LogP contribution in [0.3, 0.4) is 0 Å². The normalized spacial score (nSPS) is 10.8. The summed E-state index contributed by atoms with van der Waals surface area (Å²) < 4.78 is 7.69. The lowest BCUT2D eigenvalue weighted by atomic mass is 10.2. The summed E-state index contributed by atoms with van der Waals surface area (Å²) >= 11 is 0. The lowest BCUT2D eigenvalue weighted by Crippen LogP contribution is -2.12. The van der Waals surface area contributed by atoms with E-state index < -0.39 is 0 Å². The van der Waals surface area contributed by atoms with Crippen LogP contribution in [-0.2, 0) is 7.05 Å². The largest absolute Gasteiger partial charge is 0.492 e. The highest BCUT2D eigenvalue weighted by molar-refractivity contribution is 5.85. The highest BCUT2D eigenvalue weighted by Gasteiger charge is 2.05. The minimum Gasteiger partial charge on any atom is -0.492 e. The molecule has 3 rings (SSSR count). The Morgan fingerprint density at radius 2 is 2.14 bits per heavy atom. The summed E-state index contributed by atoms with van der Waals surface area (Å²) in [6.45, 7) is 3.31. The molecule has 1 N–H and O–H groups in total. The van der Waals surface area contributed by atoms with Crippen molar-refractivity contribution >= 4 is 16.9 Å². The number of benzene rings is 1. The van der Waals surface area contributed by atoms with Gasteiger partial charge in [-0.05, 0) is 30.7 Å². The second-order valence-corrected chi connectivity index (χ2v) is 4.97. The molecule has 5 nitrogen and oxygen atoms in total. The average molecular weight is 282 g/mol. The zero-order chi connectivity index (χ0) is 14.7. The van der Waals surface area contributed by atoms with Crippen LogP contribution < -0.4 is 10.1 Å². The van der Waals surface area contributed by atoms with E-state index >= 15 is 0 Å². The van der Waals surface area contributed by atoms with E-state index in [4.69, 9.17) is 4.74 Å². The molecule has 0 aliphatic carbocycles. The van der Waals surface area contributed by atoms with Gasteiger partial charge in [0.15, 0.2) is 5.82 Å². The molecule has 3 aromatic rings. The number of imidazole rings is 1. The molecule has 0 fully saturated rings. The lowest BCUT2D eigenvalue weighted by molar-refractivity contribution is 0.332. The smallest absolute Gasteiger partial charge is 0.154 e. The van der Waals surface area contributed by atoms with E-state index in [-0.39, 0.29) is 0 Å². The predicted octanol–water partition coefficient (Wildman–Crippen LogP) is 2.77. The molecule has 0 aliphatic rings. The van der Waals surface area contributed by atoms with Crippen molar-refractivity contribution in [2.45, 2.75) is 6.92 Å². The van der Waals surface area contributed by atoms with Gasteiger partial charge >= 0.3 is 0 Å². The summed E-state index contributed by atoms with van der Waals surface area (Å²) in [5.41, 5.74) is 3.14. The van der Waals surface area contributed by atoms with Crippen LogP contribution in [0.25, 0.3) is 11.0 Å². The number of hydrogen-bond acceptors (Lipinski definition) is 4. The van der Waals surface area contributed by atoms with Crippen molar-refractivity contribution in [1.29, 1.82) is 0 Å². The number of rotatable bonds is 5. The Kier molecular flexibility index (Phi) is 3.73. The zero-order valence-electron chi connectivity index (χ0n) is 12.2. The Labute approximate surface area is 123 Å². The summed E-state index contributed by atoms with van der Waals surface area (Å²) in [6, 6.07) is 9.99. The van der Waals surface area contributed by atoms with Crippen molar-refractivity contribution in [3.63, 3.8) is 0 Å². The van der Waals surface area contributed by atoms with E-state index in [1.807, 2.05) is 35.9 Å². The molecular formula is C16H18N4O. The Hall–Kier alpha value is -2.56. The summed E-state index contributed by atoms with van der Waals surface area (Å²) in [5.74, 6) is 1.68. The molecule has 1 aromatic carbocycles. The number of nitrogens with zero attached hydrogens (tertiary/aromatic N) is 3. The number of aryl methyl sites for hydroxylation is 2. The fourth-order valence-corrected chi connectivity index (χ4v) is 2.24. The fraction of sp³-hybridized carbons (Fsp3) is 0.250. The van der Waals surface area contributed by atoms with E-state index in [0.29, 0.717) is 13.2 Å². The molecule has 0 unspecified atom stereocenters. The number of ether oxygens (including phenoxy) is 1. The van der Waals surface area contributed by atoms with Crippen LogP contribution in [0.2, 0.25) is 0 Å². The van der Waals surface area contributed by atoms with Gasteiger partial charge in [-0.15, -0.1) is 0 Å². The van der Waals surface area contributed by atoms with Crippen molar-refractivity contribution in [2.75, 3.05) is 18.5 Å². The van der Waals surface area contributed by atoms with Crippen molar-refractivity contribution in [3.05, 3.63) is 48.4 Å². The van der Waals surface area contributed by atoms with E-state index in [2.05, 4.69) is 28.3 Å². The first-order chi connectivity index (χ1) is 10.2. The van der Waals surface area contributed by atoms with Gasteiger partial charge in [0.25, 0.3) is 0 Å². The minimum atomic E-state index is 0.578. The summed E-state index contributed by atoms with van der Waals surface area (Å²) in [5, 5.41) is 3.27. The van der Waals surface area contributed by atoms with Crippen LogP contribution in [0.1, 0.15) is 5.56 Å². The molecule has 0 atom stereocenters. The molecule has 0 spiro atoms. The van der Waals surface area contributed by atoms with Gasteiger partial charge in [-0.2, -0.15) is 0 Å². The summed E-state index contributed by atoms with van der Waals surface area (Å²) in [6.07, 6.45) is 3.58. The summed E-state index contributed by atoms with van der Waals surface area (Å²) in [7, 11) is 1.97. The highest BCUT2D eigenvalue weighted by Crippen LogP contribution is 2.18.